The number of nitrogens with zero attached hydrogens (tertiary/aromatic N) is 6. The van der Waals surface area contributed by atoms with Crippen LogP contribution in [0.15, 0.2) is 24.8 Å². The van der Waals surface area contributed by atoms with Crippen molar-refractivity contribution in [1.82, 2.24) is 19.9 Å². The first-order chi connectivity index (χ1) is 11.2. The molecule has 6 nitrogen and oxygen atoms in total. The Morgan fingerprint density at radius 2 is 2.09 bits per heavy atom. The van der Waals surface area contributed by atoms with Crippen molar-refractivity contribution in [2.45, 2.75) is 25.8 Å². The van der Waals surface area contributed by atoms with Crippen LogP contribution in [0.1, 0.15) is 18.5 Å². The van der Waals surface area contributed by atoms with Crippen LogP contribution in [-0.4, -0.2) is 45.6 Å². The highest BCUT2D eigenvalue weighted by Gasteiger charge is 2.40. The van der Waals surface area contributed by atoms with E-state index in [1.807, 2.05) is 17.9 Å². The normalized spacial score (nSPS) is 23.9. The molecule has 2 aliphatic rings. The molecule has 0 spiro atoms. The molecule has 0 amide bonds. The highest BCUT2D eigenvalue weighted by molar-refractivity contribution is 5.43. The maximum absolute atomic E-state index is 14.0. The molecule has 0 aliphatic carbocycles. The molecule has 4 rings (SSSR count). The molecule has 2 atom stereocenters. The quantitative estimate of drug-likeness (QED) is 0.843. The minimum atomic E-state index is -0.359. The van der Waals surface area contributed by atoms with E-state index in [-0.39, 0.29) is 5.82 Å². The molecule has 2 fully saturated rings. The number of anilines is 2. The number of fused-ring (bicyclic) bond motifs is 1. The topological polar surface area (TPSA) is 58.0 Å². The third-order valence-corrected chi connectivity index (χ3v) is 4.85. The molecule has 0 N–H and O–H groups in total. The van der Waals surface area contributed by atoms with E-state index in [4.69, 9.17) is 0 Å². The molecule has 7 heteroatoms. The first-order valence-corrected chi connectivity index (χ1v) is 7.99. The summed E-state index contributed by atoms with van der Waals surface area (Å²) in [6.45, 7) is 4.51. The van der Waals surface area contributed by atoms with Gasteiger partial charge in [0.05, 0.1) is 12.2 Å². The largest absolute Gasteiger partial charge is 0.352 e. The zero-order chi connectivity index (χ0) is 15.8. The Balaban J connectivity index is 1.59. The molecule has 0 bridgehead atoms. The molecule has 2 unspecified atom stereocenters. The molecule has 120 valence electrons. The van der Waals surface area contributed by atoms with Gasteiger partial charge in [0.25, 0.3) is 0 Å². The highest BCUT2D eigenvalue weighted by Crippen LogP contribution is 2.35. The van der Waals surface area contributed by atoms with E-state index in [1.54, 1.807) is 6.20 Å². The van der Waals surface area contributed by atoms with Crippen molar-refractivity contribution in [1.29, 1.82) is 0 Å². The molecule has 0 saturated carbocycles. The van der Waals surface area contributed by atoms with Crippen LogP contribution in [0.25, 0.3) is 0 Å². The van der Waals surface area contributed by atoms with Crippen molar-refractivity contribution >= 4 is 11.8 Å². The van der Waals surface area contributed by atoms with E-state index < -0.39 is 0 Å². The van der Waals surface area contributed by atoms with E-state index >= 15 is 0 Å². The van der Waals surface area contributed by atoms with Crippen LogP contribution < -0.4 is 9.80 Å². The van der Waals surface area contributed by atoms with E-state index in [0.717, 1.165) is 44.1 Å². The molecule has 2 saturated heterocycles. The van der Waals surface area contributed by atoms with Crippen molar-refractivity contribution in [2.75, 3.05) is 29.4 Å². The number of halogens is 1. The van der Waals surface area contributed by atoms with Gasteiger partial charge in [-0.05, 0) is 31.7 Å². The number of rotatable bonds is 2. The van der Waals surface area contributed by atoms with Gasteiger partial charge in [-0.3, -0.25) is 0 Å². The van der Waals surface area contributed by atoms with Crippen molar-refractivity contribution in [3.63, 3.8) is 0 Å². The zero-order valence-corrected chi connectivity index (χ0v) is 13.1. The van der Waals surface area contributed by atoms with E-state index in [2.05, 4.69) is 24.8 Å². The predicted molar refractivity (Wildman–Crippen MR) is 84.8 cm³/mol. The van der Waals surface area contributed by atoms with Gasteiger partial charge in [-0.2, -0.15) is 0 Å². The highest BCUT2D eigenvalue weighted by atomic mass is 19.1. The molecule has 23 heavy (non-hydrogen) atoms. The minimum absolute atomic E-state index is 0.305. The van der Waals surface area contributed by atoms with Crippen LogP contribution in [0.2, 0.25) is 0 Å². The average Bonchev–Trinajstić information content (AvgIpc) is 2.98. The Hall–Kier alpha value is -2.31. The summed E-state index contributed by atoms with van der Waals surface area (Å²) in [4.78, 5) is 21.1. The fourth-order valence-corrected chi connectivity index (χ4v) is 3.69. The molecule has 0 radical (unpaired) electrons. The summed E-state index contributed by atoms with van der Waals surface area (Å²) in [7, 11) is 0. The summed E-state index contributed by atoms with van der Waals surface area (Å²) >= 11 is 0. The third kappa shape index (κ3) is 2.60. The Labute approximate surface area is 134 Å². The monoisotopic (exact) mass is 314 g/mol. The summed E-state index contributed by atoms with van der Waals surface area (Å²) < 4.78 is 14.0. The second kappa shape index (κ2) is 5.72. The first kappa shape index (κ1) is 14.3. The minimum Gasteiger partial charge on any atom is -0.352 e. The van der Waals surface area contributed by atoms with Crippen molar-refractivity contribution < 1.29 is 4.39 Å². The lowest BCUT2D eigenvalue weighted by molar-refractivity contribution is 0.384. The SMILES string of the molecule is Cc1ccnc(N2CCC3CCN(c4ncncc4F)CC32)n1. The van der Waals surface area contributed by atoms with E-state index in [9.17, 15) is 4.39 Å². The van der Waals surface area contributed by atoms with Crippen LogP contribution in [0.4, 0.5) is 16.2 Å². The summed E-state index contributed by atoms with van der Waals surface area (Å²) in [6, 6.07) is 2.21. The van der Waals surface area contributed by atoms with Gasteiger partial charge in [-0.1, -0.05) is 0 Å². The Kier molecular flexibility index (Phi) is 3.55. The standard InChI is InChI=1S/C16H19FN6/c1-11-2-5-19-16(21-11)23-7-4-12-3-6-22(9-14(12)23)15-13(17)8-18-10-20-15/h2,5,8,10,12,14H,3-4,6-7,9H2,1H3. The van der Waals surface area contributed by atoms with Gasteiger partial charge in [0.1, 0.15) is 6.33 Å². The molecule has 2 aliphatic heterocycles. The number of piperidine rings is 1. The fraction of sp³-hybridized carbons (Fsp3) is 0.500. The number of aromatic nitrogens is 4. The smallest absolute Gasteiger partial charge is 0.225 e. The summed E-state index contributed by atoms with van der Waals surface area (Å²) in [5, 5.41) is 0. The Morgan fingerprint density at radius 1 is 1.22 bits per heavy atom. The Morgan fingerprint density at radius 3 is 2.91 bits per heavy atom. The number of aryl methyl sites for hydroxylation is 1. The number of hydrogen-bond donors (Lipinski definition) is 0. The van der Waals surface area contributed by atoms with Gasteiger partial charge >= 0.3 is 0 Å². The van der Waals surface area contributed by atoms with Crippen molar-refractivity contribution in [2.24, 2.45) is 5.92 Å². The lowest BCUT2D eigenvalue weighted by Crippen LogP contribution is -2.49. The van der Waals surface area contributed by atoms with Crippen LogP contribution >= 0.6 is 0 Å². The number of hydrogen-bond acceptors (Lipinski definition) is 6. The molecular weight excluding hydrogens is 295 g/mol. The summed E-state index contributed by atoms with van der Waals surface area (Å²) in [5.74, 6) is 1.43. The third-order valence-electron chi connectivity index (χ3n) is 4.85. The van der Waals surface area contributed by atoms with Crippen LogP contribution in [0.5, 0.6) is 0 Å². The molecular formula is C16H19FN6. The lowest BCUT2D eigenvalue weighted by Gasteiger charge is -2.39. The second-order valence-electron chi connectivity index (χ2n) is 6.24. The first-order valence-electron chi connectivity index (χ1n) is 7.99. The van der Waals surface area contributed by atoms with Gasteiger partial charge in [0, 0.05) is 31.5 Å². The lowest BCUT2D eigenvalue weighted by atomic mass is 9.92. The van der Waals surface area contributed by atoms with Gasteiger partial charge in [-0.25, -0.2) is 24.3 Å². The maximum atomic E-state index is 14.0. The molecule has 2 aromatic heterocycles. The van der Waals surface area contributed by atoms with Crippen LogP contribution in [0, 0.1) is 18.7 Å². The zero-order valence-electron chi connectivity index (χ0n) is 13.1. The van der Waals surface area contributed by atoms with Gasteiger partial charge in [0.15, 0.2) is 11.6 Å². The maximum Gasteiger partial charge on any atom is 0.225 e. The fourth-order valence-electron chi connectivity index (χ4n) is 3.69. The molecule has 2 aromatic rings. The van der Waals surface area contributed by atoms with Gasteiger partial charge in [-0.15, -0.1) is 0 Å². The van der Waals surface area contributed by atoms with E-state index in [1.165, 1.54) is 12.5 Å². The van der Waals surface area contributed by atoms with Crippen molar-refractivity contribution in [3.05, 3.63) is 36.3 Å². The summed E-state index contributed by atoms with van der Waals surface area (Å²) in [5.41, 5.74) is 0.966. The van der Waals surface area contributed by atoms with Crippen LogP contribution in [0.3, 0.4) is 0 Å². The van der Waals surface area contributed by atoms with E-state index in [0.29, 0.717) is 17.8 Å². The second-order valence-corrected chi connectivity index (χ2v) is 6.24. The summed E-state index contributed by atoms with van der Waals surface area (Å²) in [6.07, 6.45) is 6.61. The van der Waals surface area contributed by atoms with Gasteiger partial charge in [0.2, 0.25) is 5.95 Å². The predicted octanol–water partition coefficient (Wildman–Crippen LogP) is 1.82. The molecule has 4 heterocycles. The Bertz CT molecular complexity index is 708. The van der Waals surface area contributed by atoms with Crippen LogP contribution in [-0.2, 0) is 0 Å². The van der Waals surface area contributed by atoms with Gasteiger partial charge < -0.3 is 9.80 Å². The average molecular weight is 314 g/mol. The molecule has 0 aromatic carbocycles. The van der Waals surface area contributed by atoms with Crippen molar-refractivity contribution in [3.8, 4) is 0 Å².